The quantitative estimate of drug-likeness (QED) is 0.719. The highest BCUT2D eigenvalue weighted by Crippen LogP contribution is 2.20. The molecule has 1 heterocycles. The van der Waals surface area contributed by atoms with Gasteiger partial charge in [0.25, 0.3) is 11.5 Å². The Morgan fingerprint density at radius 1 is 1.50 bits per heavy atom. The minimum absolute atomic E-state index is 0.000375. The van der Waals surface area contributed by atoms with Crippen molar-refractivity contribution in [2.45, 2.75) is 33.3 Å². The number of rotatable bonds is 4. The summed E-state index contributed by atoms with van der Waals surface area (Å²) in [5, 5.41) is 18.1. The molecule has 1 amide bonds. The minimum atomic E-state index is -0.600. The molecule has 0 aromatic carbocycles. The van der Waals surface area contributed by atoms with Gasteiger partial charge in [0.2, 0.25) is 0 Å². The monoisotopic (exact) mass is 253 g/mol. The number of carbonyl (C=O) groups is 1. The van der Waals surface area contributed by atoms with E-state index in [0.29, 0.717) is 6.42 Å². The summed E-state index contributed by atoms with van der Waals surface area (Å²) in [5.74, 6) is -0.417. The van der Waals surface area contributed by atoms with Gasteiger partial charge in [0.1, 0.15) is 5.69 Å². The zero-order chi connectivity index (χ0) is 13.8. The lowest BCUT2D eigenvalue weighted by molar-refractivity contribution is 0.0863. The van der Waals surface area contributed by atoms with Crippen LogP contribution >= 0.6 is 0 Å². The van der Waals surface area contributed by atoms with Gasteiger partial charge in [-0.3, -0.25) is 9.59 Å². The summed E-state index contributed by atoms with van der Waals surface area (Å²) in [5.41, 5.74) is -0.239. The van der Waals surface area contributed by atoms with Gasteiger partial charge in [-0.15, -0.1) is 0 Å². The molecule has 3 N–H and O–H groups in total. The van der Waals surface area contributed by atoms with E-state index < -0.39 is 12.0 Å². The second-order valence-electron chi connectivity index (χ2n) is 5.44. The molecule has 0 aliphatic carbocycles. The smallest absolute Gasteiger partial charge is 0.271 e. The highest BCUT2D eigenvalue weighted by molar-refractivity contribution is 5.91. The molecule has 18 heavy (non-hydrogen) atoms. The number of hydrogen-bond donors (Lipinski definition) is 3. The SMILES string of the molecule is CC(C)(C)CC(O)CNC(=O)c1ccc(=O)[nH]n1. The van der Waals surface area contributed by atoms with Gasteiger partial charge >= 0.3 is 0 Å². The number of amides is 1. The van der Waals surface area contributed by atoms with Crippen LogP contribution in [0.15, 0.2) is 16.9 Å². The Morgan fingerprint density at radius 2 is 2.17 bits per heavy atom. The van der Waals surface area contributed by atoms with Gasteiger partial charge in [-0.1, -0.05) is 20.8 Å². The van der Waals surface area contributed by atoms with E-state index >= 15 is 0 Å². The fourth-order valence-corrected chi connectivity index (χ4v) is 1.55. The molecule has 0 fully saturated rings. The molecule has 6 heteroatoms. The van der Waals surface area contributed by atoms with Crippen LogP contribution in [0, 0.1) is 5.41 Å². The molecule has 0 radical (unpaired) electrons. The van der Waals surface area contributed by atoms with Crippen molar-refractivity contribution in [3.63, 3.8) is 0 Å². The first-order valence-electron chi connectivity index (χ1n) is 5.80. The van der Waals surface area contributed by atoms with Crippen LogP contribution in [-0.4, -0.2) is 33.9 Å². The number of H-pyrrole nitrogens is 1. The minimum Gasteiger partial charge on any atom is -0.391 e. The molecule has 1 aromatic heterocycles. The third-order valence-electron chi connectivity index (χ3n) is 2.26. The van der Waals surface area contributed by atoms with E-state index in [1.54, 1.807) is 0 Å². The lowest BCUT2D eigenvalue weighted by atomic mass is 9.89. The van der Waals surface area contributed by atoms with Crippen molar-refractivity contribution in [2.24, 2.45) is 5.41 Å². The number of aliphatic hydroxyl groups excluding tert-OH is 1. The highest BCUT2D eigenvalue weighted by Gasteiger charge is 2.17. The summed E-state index contributed by atoms with van der Waals surface area (Å²) in [6, 6.07) is 2.57. The van der Waals surface area contributed by atoms with Crippen LogP contribution in [0.2, 0.25) is 0 Å². The van der Waals surface area contributed by atoms with Gasteiger partial charge in [0.05, 0.1) is 6.10 Å². The number of carbonyl (C=O) groups excluding carboxylic acids is 1. The molecule has 1 atom stereocenters. The fraction of sp³-hybridized carbons (Fsp3) is 0.583. The molecule has 6 nitrogen and oxygen atoms in total. The Kier molecular flexibility index (Phi) is 4.61. The lowest BCUT2D eigenvalue weighted by Gasteiger charge is -2.22. The zero-order valence-corrected chi connectivity index (χ0v) is 10.9. The van der Waals surface area contributed by atoms with Gasteiger partial charge in [0, 0.05) is 12.6 Å². The molecule has 0 aliphatic rings. The summed E-state index contributed by atoms with van der Waals surface area (Å²) < 4.78 is 0. The topological polar surface area (TPSA) is 95.1 Å². The van der Waals surface area contributed by atoms with Gasteiger partial charge in [-0.2, -0.15) is 5.10 Å². The Labute approximate surface area is 105 Å². The van der Waals surface area contributed by atoms with Crippen molar-refractivity contribution in [2.75, 3.05) is 6.54 Å². The summed E-state index contributed by atoms with van der Waals surface area (Å²) in [4.78, 5) is 22.4. The third-order valence-corrected chi connectivity index (χ3v) is 2.26. The van der Waals surface area contributed by atoms with Gasteiger partial charge in [0.15, 0.2) is 0 Å². The predicted octanol–water partition coefficient (Wildman–Crippen LogP) is 0.297. The van der Waals surface area contributed by atoms with Gasteiger partial charge in [-0.05, 0) is 17.9 Å². The van der Waals surface area contributed by atoms with E-state index in [-0.39, 0.29) is 23.2 Å². The van der Waals surface area contributed by atoms with Crippen LogP contribution in [0.4, 0.5) is 0 Å². The van der Waals surface area contributed by atoms with E-state index in [4.69, 9.17) is 0 Å². The Morgan fingerprint density at radius 3 is 2.67 bits per heavy atom. The second-order valence-corrected chi connectivity index (χ2v) is 5.44. The molecule has 0 spiro atoms. The zero-order valence-electron chi connectivity index (χ0n) is 10.9. The van der Waals surface area contributed by atoms with Gasteiger partial charge < -0.3 is 10.4 Å². The van der Waals surface area contributed by atoms with Crippen LogP contribution in [0.25, 0.3) is 0 Å². The number of aromatic amines is 1. The Balaban J connectivity index is 2.46. The first kappa shape index (κ1) is 14.4. The van der Waals surface area contributed by atoms with E-state index in [9.17, 15) is 14.7 Å². The maximum atomic E-state index is 11.6. The molecule has 100 valence electrons. The number of hydrogen-bond acceptors (Lipinski definition) is 4. The first-order chi connectivity index (χ1) is 8.28. The van der Waals surface area contributed by atoms with E-state index in [1.807, 2.05) is 20.8 Å². The van der Waals surface area contributed by atoms with Crippen molar-refractivity contribution < 1.29 is 9.90 Å². The molecular weight excluding hydrogens is 234 g/mol. The largest absolute Gasteiger partial charge is 0.391 e. The summed E-state index contributed by atoms with van der Waals surface area (Å²) in [6.07, 6.45) is -0.0107. The van der Waals surface area contributed by atoms with Crippen LogP contribution in [0.5, 0.6) is 0 Å². The molecule has 0 aliphatic heterocycles. The van der Waals surface area contributed by atoms with E-state index in [2.05, 4.69) is 15.5 Å². The fourth-order valence-electron chi connectivity index (χ4n) is 1.55. The van der Waals surface area contributed by atoms with Crippen molar-refractivity contribution in [1.82, 2.24) is 15.5 Å². The van der Waals surface area contributed by atoms with Crippen LogP contribution < -0.4 is 10.9 Å². The summed E-state index contributed by atoms with van der Waals surface area (Å²) in [7, 11) is 0. The number of aromatic nitrogens is 2. The number of nitrogens with zero attached hydrogens (tertiary/aromatic N) is 1. The molecule has 1 unspecified atom stereocenters. The highest BCUT2D eigenvalue weighted by atomic mass is 16.3. The number of aliphatic hydroxyl groups is 1. The van der Waals surface area contributed by atoms with Crippen LogP contribution in [-0.2, 0) is 0 Å². The van der Waals surface area contributed by atoms with Crippen molar-refractivity contribution in [3.05, 3.63) is 28.2 Å². The lowest BCUT2D eigenvalue weighted by Crippen LogP contribution is -2.34. The third kappa shape index (κ3) is 5.09. The van der Waals surface area contributed by atoms with Crippen molar-refractivity contribution >= 4 is 5.91 Å². The molecule has 0 saturated carbocycles. The van der Waals surface area contributed by atoms with Crippen LogP contribution in [0.1, 0.15) is 37.7 Å². The standard InChI is InChI=1S/C12H19N3O3/c1-12(2,3)6-8(16)7-13-11(18)9-4-5-10(17)15-14-9/h4-5,8,16H,6-7H2,1-3H3,(H,13,18)(H,15,17). The first-order valence-corrected chi connectivity index (χ1v) is 5.80. The molecule has 1 rings (SSSR count). The normalized spacial score (nSPS) is 13.1. The molecular formula is C12H19N3O3. The van der Waals surface area contributed by atoms with E-state index in [1.165, 1.54) is 12.1 Å². The van der Waals surface area contributed by atoms with Crippen molar-refractivity contribution in [1.29, 1.82) is 0 Å². The second kappa shape index (κ2) is 5.77. The average molecular weight is 253 g/mol. The van der Waals surface area contributed by atoms with Crippen LogP contribution in [0.3, 0.4) is 0 Å². The summed E-state index contributed by atoms with van der Waals surface area (Å²) in [6.45, 7) is 6.21. The van der Waals surface area contributed by atoms with Crippen molar-refractivity contribution in [3.8, 4) is 0 Å². The summed E-state index contributed by atoms with van der Waals surface area (Å²) >= 11 is 0. The number of nitrogens with one attached hydrogen (secondary N) is 2. The maximum Gasteiger partial charge on any atom is 0.271 e. The molecule has 0 saturated heterocycles. The average Bonchev–Trinajstić information content (AvgIpc) is 2.24. The molecule has 0 bridgehead atoms. The molecule has 1 aromatic rings. The van der Waals surface area contributed by atoms with E-state index in [0.717, 1.165) is 0 Å². The Bertz CT molecular complexity index is 442. The predicted molar refractivity (Wildman–Crippen MR) is 67.3 cm³/mol. The van der Waals surface area contributed by atoms with Gasteiger partial charge in [-0.25, -0.2) is 5.10 Å². The maximum absolute atomic E-state index is 11.6. The Hall–Kier alpha value is -1.69.